The van der Waals surface area contributed by atoms with E-state index in [-0.39, 0.29) is 11.7 Å². The second-order valence-corrected chi connectivity index (χ2v) is 6.48. The molecule has 0 radical (unpaired) electrons. The van der Waals surface area contributed by atoms with Gasteiger partial charge in [0.1, 0.15) is 0 Å². The molecule has 0 aromatic heterocycles. The van der Waals surface area contributed by atoms with Gasteiger partial charge >= 0.3 is 0 Å². The molecule has 2 aromatic carbocycles. The highest BCUT2D eigenvalue weighted by Gasteiger charge is 2.17. The lowest BCUT2D eigenvalue weighted by Crippen LogP contribution is -2.34. The summed E-state index contributed by atoms with van der Waals surface area (Å²) in [5, 5.41) is 2.93. The van der Waals surface area contributed by atoms with Crippen molar-refractivity contribution in [3.05, 3.63) is 65.7 Å². The van der Waals surface area contributed by atoms with Gasteiger partial charge in [-0.15, -0.1) is 0 Å². The van der Waals surface area contributed by atoms with Crippen LogP contribution in [0.4, 0.5) is 5.69 Å². The van der Waals surface area contributed by atoms with Gasteiger partial charge in [-0.1, -0.05) is 55.3 Å². The lowest BCUT2D eigenvalue weighted by atomic mass is 10.0. The Labute approximate surface area is 148 Å². The van der Waals surface area contributed by atoms with Crippen LogP contribution in [0.1, 0.15) is 41.6 Å². The summed E-state index contributed by atoms with van der Waals surface area (Å²) in [5.74, 6) is -0.138. The molecule has 1 fully saturated rings. The standard InChI is InChI=1S/C21H24N2O2/c24-20(16-23-14-8-1-2-9-15-23)22-19-13-7-6-12-18(19)21(25)17-10-4-3-5-11-17/h3-7,10-13H,1-2,8-9,14-16H2,(H,22,24). The fraction of sp³-hybridized carbons (Fsp3) is 0.333. The maximum atomic E-state index is 12.7. The number of anilines is 1. The van der Waals surface area contributed by atoms with Crippen LogP contribution in [0.25, 0.3) is 0 Å². The largest absolute Gasteiger partial charge is 0.324 e. The molecular weight excluding hydrogens is 312 g/mol. The van der Waals surface area contributed by atoms with E-state index in [4.69, 9.17) is 0 Å². The van der Waals surface area contributed by atoms with E-state index in [0.717, 1.165) is 25.9 Å². The summed E-state index contributed by atoms with van der Waals surface area (Å²) in [6, 6.07) is 16.3. The Morgan fingerprint density at radius 3 is 2.20 bits per heavy atom. The van der Waals surface area contributed by atoms with Crippen molar-refractivity contribution in [3.63, 3.8) is 0 Å². The molecule has 1 amide bonds. The molecule has 2 aromatic rings. The first-order chi connectivity index (χ1) is 12.2. The van der Waals surface area contributed by atoms with Crippen LogP contribution in [-0.2, 0) is 4.79 Å². The molecule has 0 unspecified atom stereocenters. The minimum Gasteiger partial charge on any atom is -0.324 e. The van der Waals surface area contributed by atoms with Crippen LogP contribution >= 0.6 is 0 Å². The number of rotatable bonds is 5. The van der Waals surface area contributed by atoms with E-state index in [1.165, 1.54) is 12.8 Å². The number of hydrogen-bond acceptors (Lipinski definition) is 3. The SMILES string of the molecule is O=C(CN1CCCCCC1)Nc1ccccc1C(=O)c1ccccc1. The normalized spacial score (nSPS) is 15.4. The van der Waals surface area contributed by atoms with E-state index in [9.17, 15) is 9.59 Å². The first kappa shape index (κ1) is 17.4. The lowest BCUT2D eigenvalue weighted by Gasteiger charge is -2.19. The number of carbonyl (C=O) groups excluding carboxylic acids is 2. The van der Waals surface area contributed by atoms with Crippen LogP contribution in [0.15, 0.2) is 54.6 Å². The second kappa shape index (κ2) is 8.58. The minimum atomic E-state index is -0.0775. The molecule has 1 aliphatic heterocycles. The second-order valence-electron chi connectivity index (χ2n) is 6.48. The van der Waals surface area contributed by atoms with E-state index in [0.29, 0.717) is 23.4 Å². The molecule has 0 atom stereocenters. The topological polar surface area (TPSA) is 49.4 Å². The first-order valence-corrected chi connectivity index (χ1v) is 8.95. The summed E-state index contributed by atoms with van der Waals surface area (Å²) in [6.45, 7) is 2.32. The van der Waals surface area contributed by atoms with Gasteiger partial charge in [-0.2, -0.15) is 0 Å². The van der Waals surface area contributed by atoms with Crippen LogP contribution in [0, 0.1) is 0 Å². The van der Waals surface area contributed by atoms with Crippen molar-refractivity contribution in [1.82, 2.24) is 4.90 Å². The van der Waals surface area contributed by atoms with Crippen molar-refractivity contribution >= 4 is 17.4 Å². The van der Waals surface area contributed by atoms with Crippen LogP contribution in [0.2, 0.25) is 0 Å². The Kier molecular flexibility index (Phi) is 5.96. The number of nitrogens with one attached hydrogen (secondary N) is 1. The zero-order valence-corrected chi connectivity index (χ0v) is 14.4. The molecular formula is C21H24N2O2. The van der Waals surface area contributed by atoms with Gasteiger partial charge in [-0.05, 0) is 38.1 Å². The summed E-state index contributed by atoms with van der Waals surface area (Å²) in [7, 11) is 0. The summed E-state index contributed by atoms with van der Waals surface area (Å²) in [5.41, 5.74) is 1.73. The Morgan fingerprint density at radius 2 is 1.48 bits per heavy atom. The predicted molar refractivity (Wildman–Crippen MR) is 99.9 cm³/mol. The third kappa shape index (κ3) is 4.77. The quantitative estimate of drug-likeness (QED) is 0.847. The van der Waals surface area contributed by atoms with Crippen molar-refractivity contribution in [1.29, 1.82) is 0 Å². The maximum Gasteiger partial charge on any atom is 0.238 e. The van der Waals surface area contributed by atoms with Gasteiger partial charge in [0.15, 0.2) is 5.78 Å². The van der Waals surface area contributed by atoms with E-state index < -0.39 is 0 Å². The smallest absolute Gasteiger partial charge is 0.238 e. The fourth-order valence-electron chi connectivity index (χ4n) is 3.22. The molecule has 1 aliphatic rings. The number of carbonyl (C=O) groups is 2. The molecule has 25 heavy (non-hydrogen) atoms. The first-order valence-electron chi connectivity index (χ1n) is 8.95. The van der Waals surface area contributed by atoms with Crippen molar-refractivity contribution < 1.29 is 9.59 Å². The predicted octanol–water partition coefficient (Wildman–Crippen LogP) is 3.73. The molecule has 4 heteroatoms. The molecule has 130 valence electrons. The van der Waals surface area contributed by atoms with Gasteiger partial charge in [0, 0.05) is 11.1 Å². The maximum absolute atomic E-state index is 12.7. The number of benzene rings is 2. The van der Waals surface area contributed by atoms with Gasteiger partial charge in [0.2, 0.25) is 5.91 Å². The van der Waals surface area contributed by atoms with E-state index in [1.807, 2.05) is 30.3 Å². The molecule has 4 nitrogen and oxygen atoms in total. The van der Waals surface area contributed by atoms with E-state index in [1.54, 1.807) is 24.3 Å². The summed E-state index contributed by atoms with van der Waals surface area (Å²) >= 11 is 0. The third-order valence-electron chi connectivity index (χ3n) is 4.55. The Hall–Kier alpha value is -2.46. The summed E-state index contributed by atoms with van der Waals surface area (Å²) < 4.78 is 0. The number of nitrogens with zero attached hydrogens (tertiary/aromatic N) is 1. The molecule has 3 rings (SSSR count). The average molecular weight is 336 g/mol. The van der Waals surface area contributed by atoms with Crippen LogP contribution in [0.5, 0.6) is 0 Å². The van der Waals surface area contributed by atoms with Gasteiger partial charge in [0.05, 0.1) is 12.2 Å². The summed E-state index contributed by atoms with van der Waals surface area (Å²) in [6.07, 6.45) is 4.78. The zero-order chi connectivity index (χ0) is 17.5. The van der Waals surface area contributed by atoms with Crippen LogP contribution < -0.4 is 5.32 Å². The molecule has 1 heterocycles. The van der Waals surface area contributed by atoms with Crippen LogP contribution in [0.3, 0.4) is 0 Å². The molecule has 0 aliphatic carbocycles. The number of hydrogen-bond donors (Lipinski definition) is 1. The number of likely N-dealkylation sites (tertiary alicyclic amines) is 1. The van der Waals surface area contributed by atoms with Crippen molar-refractivity contribution in [2.75, 3.05) is 25.0 Å². The monoisotopic (exact) mass is 336 g/mol. The average Bonchev–Trinajstić information content (AvgIpc) is 2.91. The highest BCUT2D eigenvalue weighted by Crippen LogP contribution is 2.19. The number of para-hydroxylation sites is 1. The Balaban J connectivity index is 1.70. The van der Waals surface area contributed by atoms with Gasteiger partial charge in [-0.3, -0.25) is 14.5 Å². The minimum absolute atomic E-state index is 0.0600. The highest BCUT2D eigenvalue weighted by molar-refractivity contribution is 6.13. The fourth-order valence-corrected chi connectivity index (χ4v) is 3.22. The van der Waals surface area contributed by atoms with Gasteiger partial charge in [-0.25, -0.2) is 0 Å². The molecule has 0 bridgehead atoms. The lowest BCUT2D eigenvalue weighted by molar-refractivity contribution is -0.117. The van der Waals surface area contributed by atoms with Crippen molar-refractivity contribution in [3.8, 4) is 0 Å². The highest BCUT2D eigenvalue weighted by atomic mass is 16.2. The van der Waals surface area contributed by atoms with Crippen molar-refractivity contribution in [2.45, 2.75) is 25.7 Å². The summed E-state index contributed by atoms with van der Waals surface area (Å²) in [4.78, 5) is 27.4. The zero-order valence-electron chi connectivity index (χ0n) is 14.4. The number of amides is 1. The Morgan fingerprint density at radius 1 is 0.840 bits per heavy atom. The van der Waals surface area contributed by atoms with E-state index >= 15 is 0 Å². The van der Waals surface area contributed by atoms with Gasteiger partial charge in [0.25, 0.3) is 0 Å². The molecule has 1 saturated heterocycles. The van der Waals surface area contributed by atoms with Crippen LogP contribution in [-0.4, -0.2) is 36.2 Å². The molecule has 0 saturated carbocycles. The molecule has 0 spiro atoms. The third-order valence-corrected chi connectivity index (χ3v) is 4.55. The molecule has 1 N–H and O–H groups in total. The number of ketones is 1. The Bertz CT molecular complexity index is 720. The van der Waals surface area contributed by atoms with E-state index in [2.05, 4.69) is 10.2 Å². The van der Waals surface area contributed by atoms with Crippen molar-refractivity contribution in [2.24, 2.45) is 0 Å². The van der Waals surface area contributed by atoms with Gasteiger partial charge < -0.3 is 5.32 Å².